The number of hydrogen-bond acceptors (Lipinski definition) is 2. The number of carbonyl (C=O) groups is 2. The van der Waals surface area contributed by atoms with E-state index in [1.807, 2.05) is 31.2 Å². The highest BCUT2D eigenvalue weighted by molar-refractivity contribution is 6.30. The normalized spacial score (nSPS) is 16.3. The molecule has 2 aromatic rings. The first-order valence-corrected chi connectivity index (χ1v) is 8.98. The molecule has 0 bridgehead atoms. The van der Waals surface area contributed by atoms with E-state index in [-0.39, 0.29) is 23.4 Å². The summed E-state index contributed by atoms with van der Waals surface area (Å²) in [5, 5.41) is 2.87. The molecule has 3 rings (SSSR count). The van der Waals surface area contributed by atoms with Gasteiger partial charge < -0.3 is 10.2 Å². The fourth-order valence-corrected chi connectivity index (χ4v) is 3.45. The zero-order valence-corrected chi connectivity index (χ0v) is 15.2. The lowest BCUT2D eigenvalue weighted by atomic mass is 9.91. The highest BCUT2D eigenvalue weighted by Crippen LogP contribution is 2.31. The topological polar surface area (TPSA) is 49.4 Å². The summed E-state index contributed by atoms with van der Waals surface area (Å²) in [5.41, 5.74) is 2.44. The molecule has 26 heavy (non-hydrogen) atoms. The number of nitrogens with zero attached hydrogens (tertiary/aromatic N) is 1. The van der Waals surface area contributed by atoms with E-state index in [0.29, 0.717) is 18.5 Å². The van der Waals surface area contributed by atoms with Crippen molar-refractivity contribution in [2.75, 3.05) is 6.54 Å². The van der Waals surface area contributed by atoms with Crippen LogP contribution in [0.5, 0.6) is 0 Å². The Morgan fingerprint density at radius 2 is 2.08 bits per heavy atom. The highest BCUT2D eigenvalue weighted by Gasteiger charge is 2.36. The molecule has 0 radical (unpaired) electrons. The number of halogens is 2. The van der Waals surface area contributed by atoms with Gasteiger partial charge in [-0.05, 0) is 35.2 Å². The summed E-state index contributed by atoms with van der Waals surface area (Å²) in [6.45, 7) is 2.71. The van der Waals surface area contributed by atoms with Crippen LogP contribution in [0.3, 0.4) is 0 Å². The van der Waals surface area contributed by atoms with Gasteiger partial charge in [0.15, 0.2) is 0 Å². The first kappa shape index (κ1) is 18.4. The fraction of sp³-hybridized carbons (Fsp3) is 0.300. The summed E-state index contributed by atoms with van der Waals surface area (Å²) in [6, 6.07) is 11.2. The van der Waals surface area contributed by atoms with Gasteiger partial charge in [0.2, 0.25) is 11.8 Å². The molecule has 136 valence electrons. The second-order valence-corrected chi connectivity index (χ2v) is 6.74. The minimum Gasteiger partial charge on any atom is -0.350 e. The Labute approximate surface area is 157 Å². The van der Waals surface area contributed by atoms with Gasteiger partial charge in [0, 0.05) is 13.1 Å². The van der Waals surface area contributed by atoms with Crippen LogP contribution in [0.2, 0.25) is 5.02 Å². The van der Waals surface area contributed by atoms with Crippen molar-refractivity contribution in [2.45, 2.75) is 32.4 Å². The van der Waals surface area contributed by atoms with Gasteiger partial charge in [0.05, 0.1) is 11.4 Å². The van der Waals surface area contributed by atoms with Gasteiger partial charge in [0.25, 0.3) is 0 Å². The van der Waals surface area contributed by atoms with Gasteiger partial charge in [-0.25, -0.2) is 4.39 Å². The van der Waals surface area contributed by atoms with E-state index < -0.39 is 11.9 Å². The van der Waals surface area contributed by atoms with Crippen molar-refractivity contribution in [3.8, 4) is 0 Å². The number of hydrogen-bond donors (Lipinski definition) is 1. The predicted molar refractivity (Wildman–Crippen MR) is 98.1 cm³/mol. The van der Waals surface area contributed by atoms with Crippen LogP contribution in [0.4, 0.5) is 4.39 Å². The van der Waals surface area contributed by atoms with Crippen molar-refractivity contribution in [1.29, 1.82) is 0 Å². The molecule has 6 heteroatoms. The first-order chi connectivity index (χ1) is 12.5. The molecule has 0 spiro atoms. The Balaban J connectivity index is 1.82. The van der Waals surface area contributed by atoms with E-state index in [1.165, 1.54) is 12.1 Å². The predicted octanol–water partition coefficient (Wildman–Crippen LogP) is 3.63. The Kier molecular flexibility index (Phi) is 5.57. The summed E-state index contributed by atoms with van der Waals surface area (Å²) < 4.78 is 13.3. The van der Waals surface area contributed by atoms with Gasteiger partial charge in [0.1, 0.15) is 11.9 Å². The third-order valence-electron chi connectivity index (χ3n) is 4.49. The molecule has 0 fully saturated rings. The quantitative estimate of drug-likeness (QED) is 0.868. The average molecular weight is 375 g/mol. The van der Waals surface area contributed by atoms with E-state index >= 15 is 0 Å². The van der Waals surface area contributed by atoms with Gasteiger partial charge in [-0.1, -0.05) is 48.9 Å². The summed E-state index contributed by atoms with van der Waals surface area (Å²) in [7, 11) is 0. The second-order valence-electron chi connectivity index (χ2n) is 6.33. The molecule has 1 aliphatic heterocycles. The van der Waals surface area contributed by atoms with Crippen LogP contribution >= 0.6 is 11.6 Å². The molecular weight excluding hydrogens is 355 g/mol. The molecule has 1 unspecified atom stereocenters. The maximum atomic E-state index is 13.3. The molecule has 0 aromatic heterocycles. The lowest BCUT2D eigenvalue weighted by Crippen LogP contribution is -2.47. The Morgan fingerprint density at radius 1 is 1.31 bits per heavy atom. The monoisotopic (exact) mass is 374 g/mol. The average Bonchev–Trinajstić information content (AvgIpc) is 2.63. The Bertz CT molecular complexity index is 840. The van der Waals surface area contributed by atoms with Crippen LogP contribution in [0.15, 0.2) is 42.5 Å². The molecule has 0 aliphatic carbocycles. The molecule has 2 aromatic carbocycles. The number of amides is 2. The summed E-state index contributed by atoms with van der Waals surface area (Å²) in [4.78, 5) is 27.0. The van der Waals surface area contributed by atoms with Crippen molar-refractivity contribution in [1.82, 2.24) is 10.2 Å². The molecule has 1 N–H and O–H groups in total. The number of carbonyl (C=O) groups excluding carboxylic acids is 2. The van der Waals surface area contributed by atoms with E-state index in [2.05, 4.69) is 5.32 Å². The summed E-state index contributed by atoms with van der Waals surface area (Å²) >= 11 is 5.79. The highest BCUT2D eigenvalue weighted by atomic mass is 35.5. The van der Waals surface area contributed by atoms with Gasteiger partial charge in [-0.15, -0.1) is 0 Å². The second kappa shape index (κ2) is 7.87. The molecule has 0 saturated carbocycles. The Hall–Kier alpha value is -2.40. The lowest BCUT2D eigenvalue weighted by Gasteiger charge is -2.36. The van der Waals surface area contributed by atoms with Crippen LogP contribution in [0.1, 0.15) is 36.1 Å². The van der Waals surface area contributed by atoms with Crippen molar-refractivity contribution < 1.29 is 14.0 Å². The minimum atomic E-state index is -0.650. The summed E-state index contributed by atoms with van der Waals surface area (Å²) in [5.74, 6) is -0.794. The van der Waals surface area contributed by atoms with E-state index in [4.69, 9.17) is 11.6 Å². The molecule has 2 amide bonds. The minimum absolute atomic E-state index is 0.0162. The van der Waals surface area contributed by atoms with Crippen LogP contribution < -0.4 is 5.32 Å². The SMILES string of the molecule is CCCN1C(=O)Cc2ccccc2C1C(=O)NCc1ccc(F)c(Cl)c1. The van der Waals surface area contributed by atoms with Crippen molar-refractivity contribution >= 4 is 23.4 Å². The maximum Gasteiger partial charge on any atom is 0.247 e. The van der Waals surface area contributed by atoms with E-state index in [0.717, 1.165) is 17.5 Å². The Morgan fingerprint density at radius 3 is 2.81 bits per heavy atom. The van der Waals surface area contributed by atoms with Crippen LogP contribution in [0, 0.1) is 5.82 Å². The number of benzene rings is 2. The molecule has 1 aliphatic rings. The van der Waals surface area contributed by atoms with Crippen molar-refractivity contribution in [2.24, 2.45) is 0 Å². The van der Waals surface area contributed by atoms with E-state index in [1.54, 1.807) is 11.0 Å². The van der Waals surface area contributed by atoms with Gasteiger partial charge in [-0.3, -0.25) is 9.59 Å². The number of nitrogens with one attached hydrogen (secondary N) is 1. The zero-order chi connectivity index (χ0) is 18.7. The van der Waals surface area contributed by atoms with Gasteiger partial charge >= 0.3 is 0 Å². The largest absolute Gasteiger partial charge is 0.350 e. The van der Waals surface area contributed by atoms with Crippen LogP contribution in [0.25, 0.3) is 0 Å². The number of rotatable bonds is 5. The zero-order valence-electron chi connectivity index (χ0n) is 14.5. The van der Waals surface area contributed by atoms with Crippen molar-refractivity contribution in [3.05, 3.63) is 70.0 Å². The molecule has 1 heterocycles. The molecule has 0 saturated heterocycles. The maximum absolute atomic E-state index is 13.3. The van der Waals surface area contributed by atoms with Crippen molar-refractivity contribution in [3.63, 3.8) is 0 Å². The first-order valence-electron chi connectivity index (χ1n) is 8.60. The number of fused-ring (bicyclic) bond motifs is 1. The smallest absolute Gasteiger partial charge is 0.247 e. The molecule has 1 atom stereocenters. The third kappa shape index (κ3) is 3.73. The van der Waals surface area contributed by atoms with Gasteiger partial charge in [-0.2, -0.15) is 0 Å². The third-order valence-corrected chi connectivity index (χ3v) is 4.78. The standard InChI is InChI=1S/C20H20ClFN2O2/c1-2-9-24-18(25)11-14-5-3-4-6-15(14)19(24)20(26)23-12-13-7-8-17(22)16(21)10-13/h3-8,10,19H,2,9,11-12H2,1H3,(H,23,26). The molecule has 4 nitrogen and oxygen atoms in total. The summed E-state index contributed by atoms with van der Waals surface area (Å²) in [6.07, 6.45) is 1.08. The van der Waals surface area contributed by atoms with Crippen LogP contribution in [-0.4, -0.2) is 23.3 Å². The molecular formula is C20H20ClFN2O2. The van der Waals surface area contributed by atoms with Crippen LogP contribution in [-0.2, 0) is 22.6 Å². The van der Waals surface area contributed by atoms with E-state index in [9.17, 15) is 14.0 Å². The lowest BCUT2D eigenvalue weighted by molar-refractivity contribution is -0.141. The fourth-order valence-electron chi connectivity index (χ4n) is 3.25.